The maximum atomic E-state index is 13.6. The van der Waals surface area contributed by atoms with Gasteiger partial charge in [0, 0.05) is 5.92 Å². The molecule has 0 nitrogen and oxygen atoms in total. The second-order valence-electron chi connectivity index (χ2n) is 4.69. The summed E-state index contributed by atoms with van der Waals surface area (Å²) in [6, 6.07) is 0. The maximum Gasteiger partial charge on any atom is 0.106 e. The molecular weight excluding hydrogens is 194 g/mol. The van der Waals surface area contributed by atoms with Gasteiger partial charge >= 0.3 is 0 Å². The zero-order chi connectivity index (χ0) is 11.3. The number of hydrogen-bond acceptors (Lipinski definition) is 0. The molecule has 0 radical (unpaired) electrons. The Labute approximate surface area is 91.1 Å². The second-order valence-corrected chi connectivity index (χ2v) is 4.69. The summed E-state index contributed by atoms with van der Waals surface area (Å²) in [7, 11) is 0. The van der Waals surface area contributed by atoms with Gasteiger partial charge in [-0.05, 0) is 43.3 Å². The summed E-state index contributed by atoms with van der Waals surface area (Å²) >= 11 is 0. The fourth-order valence-electron chi connectivity index (χ4n) is 1.91. The minimum atomic E-state index is -0.572. The number of allylic oxidation sites excluding steroid dienone is 4. The first-order chi connectivity index (χ1) is 7.13. The van der Waals surface area contributed by atoms with Crippen LogP contribution in [0.1, 0.15) is 39.5 Å². The van der Waals surface area contributed by atoms with E-state index in [-0.39, 0.29) is 5.83 Å². The van der Waals surface area contributed by atoms with Gasteiger partial charge in [0.2, 0.25) is 0 Å². The minimum absolute atomic E-state index is 0.274. The van der Waals surface area contributed by atoms with Gasteiger partial charge in [-0.15, -0.1) is 0 Å². The summed E-state index contributed by atoms with van der Waals surface area (Å²) in [5.74, 6) is -0.256. The lowest BCUT2D eigenvalue weighted by molar-refractivity contribution is 0.330. The molecule has 0 saturated heterocycles. The van der Waals surface area contributed by atoms with Gasteiger partial charge in [0.05, 0.1) is 6.67 Å². The molecule has 0 spiro atoms. The molecule has 0 N–H and O–H groups in total. The van der Waals surface area contributed by atoms with Crippen molar-refractivity contribution in [1.82, 2.24) is 0 Å². The molecule has 0 aromatic carbocycles. The van der Waals surface area contributed by atoms with Crippen LogP contribution in [0.25, 0.3) is 0 Å². The Hall–Kier alpha value is -0.660. The first-order valence-electron chi connectivity index (χ1n) is 5.75. The summed E-state index contributed by atoms with van der Waals surface area (Å²) in [4.78, 5) is 0. The molecular formula is C13H20F2. The van der Waals surface area contributed by atoms with Gasteiger partial charge in [0.15, 0.2) is 0 Å². The first kappa shape index (κ1) is 12.4. The van der Waals surface area contributed by atoms with Crippen LogP contribution in [0, 0.1) is 11.8 Å². The highest BCUT2D eigenvalue weighted by Gasteiger charge is 2.16. The lowest BCUT2D eigenvalue weighted by Crippen LogP contribution is -2.06. The Bertz CT molecular complexity index is 251. The zero-order valence-corrected chi connectivity index (χ0v) is 9.60. The first-order valence-corrected chi connectivity index (χ1v) is 5.75. The number of rotatable bonds is 3. The van der Waals surface area contributed by atoms with E-state index in [1.54, 1.807) is 6.08 Å². The fourth-order valence-corrected chi connectivity index (χ4v) is 1.91. The third kappa shape index (κ3) is 4.15. The van der Waals surface area contributed by atoms with Crippen LogP contribution in [0.5, 0.6) is 0 Å². The Morgan fingerprint density at radius 3 is 2.80 bits per heavy atom. The standard InChI is InChI=1S/C13H20F2/c1-10(2)7-11-5-3-4-6-12(9-14)13(15)8-11/h5,8,10,12H,3-4,6-7,9H2,1-2H3/b11-5-,13-8+. The van der Waals surface area contributed by atoms with Crippen molar-refractivity contribution < 1.29 is 8.78 Å². The predicted molar refractivity (Wildman–Crippen MR) is 60.0 cm³/mol. The van der Waals surface area contributed by atoms with E-state index >= 15 is 0 Å². The Balaban J connectivity index is 2.74. The topological polar surface area (TPSA) is 0 Å². The highest BCUT2D eigenvalue weighted by atomic mass is 19.1. The summed E-state index contributed by atoms with van der Waals surface area (Å²) in [5.41, 5.74) is 1.03. The third-order valence-electron chi connectivity index (χ3n) is 2.71. The van der Waals surface area contributed by atoms with Crippen LogP contribution < -0.4 is 0 Å². The molecule has 15 heavy (non-hydrogen) atoms. The van der Waals surface area contributed by atoms with Crippen molar-refractivity contribution in [2.24, 2.45) is 11.8 Å². The molecule has 1 rings (SSSR count). The molecule has 0 heterocycles. The smallest absolute Gasteiger partial charge is 0.106 e. The Morgan fingerprint density at radius 2 is 2.20 bits per heavy atom. The van der Waals surface area contributed by atoms with E-state index in [4.69, 9.17) is 0 Å². The summed E-state index contributed by atoms with van der Waals surface area (Å²) in [6.45, 7) is 3.65. The second kappa shape index (κ2) is 6.04. The molecule has 0 aliphatic heterocycles. The average molecular weight is 214 g/mol. The van der Waals surface area contributed by atoms with Crippen molar-refractivity contribution >= 4 is 0 Å². The summed E-state index contributed by atoms with van der Waals surface area (Å²) in [5, 5.41) is 0. The van der Waals surface area contributed by atoms with Gasteiger partial charge in [-0.1, -0.05) is 19.9 Å². The monoisotopic (exact) mass is 214 g/mol. The third-order valence-corrected chi connectivity index (χ3v) is 2.71. The van der Waals surface area contributed by atoms with Crippen molar-refractivity contribution in [2.75, 3.05) is 6.67 Å². The Morgan fingerprint density at radius 1 is 1.47 bits per heavy atom. The van der Waals surface area contributed by atoms with Crippen molar-refractivity contribution in [3.05, 3.63) is 23.6 Å². The van der Waals surface area contributed by atoms with E-state index in [1.165, 1.54) is 0 Å². The van der Waals surface area contributed by atoms with E-state index in [9.17, 15) is 8.78 Å². The minimum Gasteiger partial charge on any atom is -0.250 e. The van der Waals surface area contributed by atoms with Gasteiger partial charge in [0.25, 0.3) is 0 Å². The normalized spacial score (nSPS) is 30.1. The molecule has 0 aromatic heterocycles. The average Bonchev–Trinajstić information content (AvgIpc) is 2.13. The molecule has 2 heteroatoms. The molecule has 1 aliphatic carbocycles. The SMILES string of the molecule is CC(C)CC1=C/CCCC(CF)/C(F)=C\1. The predicted octanol–water partition coefficient (Wildman–Crippen LogP) is 4.58. The van der Waals surface area contributed by atoms with Crippen LogP contribution in [-0.4, -0.2) is 6.67 Å². The van der Waals surface area contributed by atoms with Crippen molar-refractivity contribution in [2.45, 2.75) is 39.5 Å². The largest absolute Gasteiger partial charge is 0.250 e. The van der Waals surface area contributed by atoms with Gasteiger partial charge < -0.3 is 0 Å². The van der Waals surface area contributed by atoms with Crippen LogP contribution in [0.15, 0.2) is 23.6 Å². The molecule has 1 aliphatic rings. The highest BCUT2D eigenvalue weighted by molar-refractivity contribution is 5.23. The molecule has 0 fully saturated rings. The molecule has 0 aromatic rings. The lowest BCUT2D eigenvalue weighted by atomic mass is 9.93. The summed E-state index contributed by atoms with van der Waals surface area (Å²) in [6.07, 6.45) is 6.98. The van der Waals surface area contributed by atoms with Gasteiger partial charge in [-0.3, -0.25) is 4.39 Å². The molecule has 86 valence electrons. The fraction of sp³-hybridized carbons (Fsp3) is 0.692. The van der Waals surface area contributed by atoms with Crippen molar-refractivity contribution in [1.29, 1.82) is 0 Å². The van der Waals surface area contributed by atoms with E-state index < -0.39 is 12.6 Å². The number of alkyl halides is 1. The van der Waals surface area contributed by atoms with E-state index in [1.807, 2.05) is 0 Å². The van der Waals surface area contributed by atoms with E-state index in [2.05, 4.69) is 19.9 Å². The van der Waals surface area contributed by atoms with E-state index in [0.29, 0.717) is 12.3 Å². The maximum absolute atomic E-state index is 13.6. The lowest BCUT2D eigenvalue weighted by Gasteiger charge is -2.15. The molecule has 0 saturated carbocycles. The van der Waals surface area contributed by atoms with Crippen LogP contribution in [0.4, 0.5) is 8.78 Å². The molecule has 0 amide bonds. The van der Waals surface area contributed by atoms with Gasteiger partial charge in [0.1, 0.15) is 5.83 Å². The van der Waals surface area contributed by atoms with Crippen molar-refractivity contribution in [3.63, 3.8) is 0 Å². The summed E-state index contributed by atoms with van der Waals surface area (Å²) < 4.78 is 26.1. The van der Waals surface area contributed by atoms with Crippen LogP contribution in [0.3, 0.4) is 0 Å². The highest BCUT2D eigenvalue weighted by Crippen LogP contribution is 2.26. The quantitative estimate of drug-likeness (QED) is 0.645. The van der Waals surface area contributed by atoms with Crippen LogP contribution in [-0.2, 0) is 0 Å². The van der Waals surface area contributed by atoms with E-state index in [0.717, 1.165) is 24.8 Å². The molecule has 1 unspecified atom stereocenters. The Kier molecular flexibility index (Phi) is 5.00. The van der Waals surface area contributed by atoms with Crippen molar-refractivity contribution in [3.8, 4) is 0 Å². The molecule has 0 bridgehead atoms. The number of halogens is 2. The van der Waals surface area contributed by atoms with Crippen LogP contribution >= 0.6 is 0 Å². The molecule has 1 atom stereocenters. The van der Waals surface area contributed by atoms with Gasteiger partial charge in [-0.2, -0.15) is 0 Å². The van der Waals surface area contributed by atoms with Gasteiger partial charge in [-0.25, -0.2) is 4.39 Å². The number of hydrogen-bond donors (Lipinski definition) is 0. The van der Waals surface area contributed by atoms with Crippen LogP contribution in [0.2, 0.25) is 0 Å². The zero-order valence-electron chi connectivity index (χ0n) is 9.60.